The summed E-state index contributed by atoms with van der Waals surface area (Å²) >= 11 is 0. The lowest BCUT2D eigenvalue weighted by atomic mass is 10.0. The summed E-state index contributed by atoms with van der Waals surface area (Å²) < 4.78 is 0. The molecular formula is C10H14N2. The number of nitriles is 1. The van der Waals surface area contributed by atoms with E-state index in [4.69, 9.17) is 5.26 Å². The zero-order chi connectivity index (χ0) is 8.39. The predicted octanol–water partition coefficient (Wildman–Crippen LogP) is 1.69. The Morgan fingerprint density at radius 3 is 2.50 bits per heavy atom. The highest BCUT2D eigenvalue weighted by Gasteiger charge is 2.30. The first-order valence-corrected chi connectivity index (χ1v) is 4.72. The molecule has 1 aliphatic carbocycles. The van der Waals surface area contributed by atoms with Crippen LogP contribution in [-0.4, -0.2) is 24.0 Å². The quantitative estimate of drug-likeness (QED) is 0.549. The number of nitrogens with zero attached hydrogens (tertiary/aromatic N) is 2. The number of hydrogen-bond acceptors (Lipinski definition) is 2. The SMILES string of the molecule is N#CC=C1CCN(C2CC2)CC1. The average Bonchev–Trinajstić information content (AvgIpc) is 2.89. The van der Waals surface area contributed by atoms with E-state index in [9.17, 15) is 0 Å². The van der Waals surface area contributed by atoms with Gasteiger partial charge in [-0.05, 0) is 25.7 Å². The standard InChI is InChI=1S/C10H14N2/c11-6-3-9-4-7-12(8-5-9)10-1-2-10/h3,10H,1-2,4-5,7-8H2. The zero-order valence-corrected chi connectivity index (χ0v) is 7.29. The Morgan fingerprint density at radius 2 is 2.00 bits per heavy atom. The van der Waals surface area contributed by atoms with E-state index in [2.05, 4.69) is 11.0 Å². The van der Waals surface area contributed by atoms with Gasteiger partial charge in [0, 0.05) is 25.2 Å². The summed E-state index contributed by atoms with van der Waals surface area (Å²) in [7, 11) is 0. The highest BCUT2D eigenvalue weighted by molar-refractivity contribution is 5.15. The molecule has 0 aromatic carbocycles. The van der Waals surface area contributed by atoms with Crippen molar-refractivity contribution in [2.45, 2.75) is 31.7 Å². The van der Waals surface area contributed by atoms with Crippen LogP contribution in [0.25, 0.3) is 0 Å². The zero-order valence-electron chi connectivity index (χ0n) is 7.29. The van der Waals surface area contributed by atoms with Crippen LogP contribution in [0.1, 0.15) is 25.7 Å². The van der Waals surface area contributed by atoms with E-state index in [-0.39, 0.29) is 0 Å². The first-order chi connectivity index (χ1) is 5.90. The van der Waals surface area contributed by atoms with Crippen molar-refractivity contribution in [1.29, 1.82) is 5.26 Å². The van der Waals surface area contributed by atoms with Crippen LogP contribution in [0.4, 0.5) is 0 Å². The molecule has 0 unspecified atom stereocenters. The summed E-state index contributed by atoms with van der Waals surface area (Å²) in [6.45, 7) is 2.36. The molecule has 12 heavy (non-hydrogen) atoms. The molecule has 64 valence electrons. The van der Waals surface area contributed by atoms with E-state index in [0.29, 0.717) is 0 Å². The van der Waals surface area contributed by atoms with Gasteiger partial charge in [-0.2, -0.15) is 5.26 Å². The maximum absolute atomic E-state index is 8.47. The van der Waals surface area contributed by atoms with Crippen LogP contribution in [0.5, 0.6) is 0 Å². The number of hydrogen-bond donors (Lipinski definition) is 0. The Balaban J connectivity index is 1.84. The molecule has 0 spiro atoms. The van der Waals surface area contributed by atoms with Gasteiger partial charge in [-0.3, -0.25) is 4.90 Å². The van der Waals surface area contributed by atoms with E-state index < -0.39 is 0 Å². The Bertz CT molecular complexity index is 223. The molecule has 1 saturated heterocycles. The van der Waals surface area contributed by atoms with Crippen LogP contribution in [0.15, 0.2) is 11.6 Å². The Kier molecular flexibility index (Phi) is 2.14. The molecule has 1 heterocycles. The fourth-order valence-corrected chi connectivity index (χ4v) is 1.85. The van der Waals surface area contributed by atoms with E-state index >= 15 is 0 Å². The Hall–Kier alpha value is -0.810. The summed E-state index contributed by atoms with van der Waals surface area (Å²) in [5.41, 5.74) is 1.34. The molecular weight excluding hydrogens is 148 g/mol. The number of rotatable bonds is 1. The Morgan fingerprint density at radius 1 is 1.33 bits per heavy atom. The van der Waals surface area contributed by atoms with Crippen molar-refractivity contribution in [3.05, 3.63) is 11.6 Å². The lowest BCUT2D eigenvalue weighted by molar-refractivity contribution is 0.246. The van der Waals surface area contributed by atoms with Gasteiger partial charge in [-0.15, -0.1) is 0 Å². The van der Waals surface area contributed by atoms with Crippen LogP contribution < -0.4 is 0 Å². The van der Waals surface area contributed by atoms with Crippen molar-refractivity contribution >= 4 is 0 Å². The smallest absolute Gasteiger partial charge is 0.0911 e. The third-order valence-electron chi connectivity index (χ3n) is 2.77. The van der Waals surface area contributed by atoms with Gasteiger partial charge >= 0.3 is 0 Å². The van der Waals surface area contributed by atoms with Crippen LogP contribution in [-0.2, 0) is 0 Å². The topological polar surface area (TPSA) is 27.0 Å². The first kappa shape index (κ1) is 7.82. The van der Waals surface area contributed by atoms with Gasteiger partial charge < -0.3 is 0 Å². The van der Waals surface area contributed by atoms with Gasteiger partial charge in [-0.1, -0.05) is 5.57 Å². The minimum atomic E-state index is 0.897. The van der Waals surface area contributed by atoms with Crippen molar-refractivity contribution in [2.24, 2.45) is 0 Å². The molecule has 1 saturated carbocycles. The molecule has 1 aliphatic heterocycles. The molecule has 0 N–H and O–H groups in total. The third kappa shape index (κ3) is 1.67. The van der Waals surface area contributed by atoms with Crippen molar-refractivity contribution in [3.8, 4) is 6.07 Å². The van der Waals surface area contributed by atoms with Crippen LogP contribution in [0.3, 0.4) is 0 Å². The fraction of sp³-hybridized carbons (Fsp3) is 0.700. The van der Waals surface area contributed by atoms with Crippen molar-refractivity contribution < 1.29 is 0 Å². The normalized spacial score (nSPS) is 25.1. The molecule has 2 heteroatoms. The van der Waals surface area contributed by atoms with E-state index in [1.54, 1.807) is 6.08 Å². The second kappa shape index (κ2) is 3.28. The maximum Gasteiger partial charge on any atom is 0.0911 e. The minimum Gasteiger partial charge on any atom is -0.300 e. The van der Waals surface area contributed by atoms with Gasteiger partial charge in [0.25, 0.3) is 0 Å². The molecule has 0 atom stereocenters. The second-order valence-electron chi connectivity index (χ2n) is 3.70. The van der Waals surface area contributed by atoms with Gasteiger partial charge in [0.2, 0.25) is 0 Å². The molecule has 0 aromatic heterocycles. The molecule has 2 fully saturated rings. The van der Waals surface area contributed by atoms with Crippen LogP contribution in [0, 0.1) is 11.3 Å². The lowest BCUT2D eigenvalue weighted by Gasteiger charge is -2.27. The maximum atomic E-state index is 8.47. The van der Waals surface area contributed by atoms with Crippen molar-refractivity contribution in [2.75, 3.05) is 13.1 Å². The van der Waals surface area contributed by atoms with Gasteiger partial charge in [0.1, 0.15) is 0 Å². The molecule has 2 aliphatic rings. The largest absolute Gasteiger partial charge is 0.300 e. The van der Waals surface area contributed by atoms with Crippen molar-refractivity contribution in [3.63, 3.8) is 0 Å². The summed E-state index contributed by atoms with van der Waals surface area (Å²) in [5, 5.41) is 8.47. The van der Waals surface area contributed by atoms with Crippen LogP contribution >= 0.6 is 0 Å². The first-order valence-electron chi connectivity index (χ1n) is 4.72. The molecule has 0 bridgehead atoms. The number of piperidine rings is 1. The highest BCUT2D eigenvalue weighted by atomic mass is 15.2. The third-order valence-corrected chi connectivity index (χ3v) is 2.77. The summed E-state index contributed by atoms with van der Waals surface area (Å²) in [5.74, 6) is 0. The van der Waals surface area contributed by atoms with Gasteiger partial charge in [0.15, 0.2) is 0 Å². The summed E-state index contributed by atoms with van der Waals surface area (Å²) in [6, 6.07) is 3.01. The molecule has 2 nitrogen and oxygen atoms in total. The molecule has 0 aromatic rings. The number of likely N-dealkylation sites (tertiary alicyclic amines) is 1. The minimum absolute atomic E-state index is 0.897. The van der Waals surface area contributed by atoms with E-state index in [1.807, 2.05) is 0 Å². The molecule has 2 rings (SSSR count). The van der Waals surface area contributed by atoms with Crippen molar-refractivity contribution in [1.82, 2.24) is 4.90 Å². The Labute approximate surface area is 73.5 Å². The number of allylic oxidation sites excluding steroid dienone is 1. The summed E-state index contributed by atoms with van der Waals surface area (Å²) in [6.07, 6.45) is 6.76. The average molecular weight is 162 g/mol. The second-order valence-corrected chi connectivity index (χ2v) is 3.70. The molecule has 0 amide bonds. The van der Waals surface area contributed by atoms with Gasteiger partial charge in [-0.25, -0.2) is 0 Å². The lowest BCUT2D eigenvalue weighted by Crippen LogP contribution is -2.32. The monoisotopic (exact) mass is 162 g/mol. The van der Waals surface area contributed by atoms with E-state index in [1.165, 1.54) is 31.5 Å². The molecule has 0 radical (unpaired) electrons. The van der Waals surface area contributed by atoms with Gasteiger partial charge in [0.05, 0.1) is 6.07 Å². The predicted molar refractivity (Wildman–Crippen MR) is 47.5 cm³/mol. The highest BCUT2D eigenvalue weighted by Crippen LogP contribution is 2.30. The van der Waals surface area contributed by atoms with Crippen LogP contribution in [0.2, 0.25) is 0 Å². The summed E-state index contributed by atoms with van der Waals surface area (Å²) in [4.78, 5) is 2.56. The fourth-order valence-electron chi connectivity index (χ4n) is 1.85. The van der Waals surface area contributed by atoms with E-state index in [0.717, 1.165) is 18.9 Å².